The fraction of sp³-hybridized carbons (Fsp3) is 0.240. The summed E-state index contributed by atoms with van der Waals surface area (Å²) in [6, 6.07) is 11.1. The predicted molar refractivity (Wildman–Crippen MR) is 127 cm³/mol. The molecule has 0 aliphatic rings. The summed E-state index contributed by atoms with van der Waals surface area (Å²) in [5.74, 6) is -1.09. The number of carboxylic acid groups (broad SMARTS) is 2. The Morgan fingerprint density at radius 2 is 1.91 bits per heavy atom. The van der Waals surface area contributed by atoms with Crippen LogP contribution in [0, 0.1) is 0 Å². The van der Waals surface area contributed by atoms with Crippen molar-refractivity contribution in [2.24, 2.45) is 0 Å². The molecule has 3 aromatic rings. The molecule has 0 fully saturated rings. The maximum absolute atomic E-state index is 11.9. The molecule has 0 amide bonds. The normalized spacial score (nSPS) is 11.5. The van der Waals surface area contributed by atoms with Gasteiger partial charge in [0.25, 0.3) is 0 Å². The summed E-state index contributed by atoms with van der Waals surface area (Å²) in [4.78, 5) is 28.6. The van der Waals surface area contributed by atoms with Gasteiger partial charge >= 0.3 is 11.9 Å². The van der Waals surface area contributed by atoms with E-state index in [0.29, 0.717) is 24.1 Å². The standard InChI is InChI=1S/C25H26N2O4S/c1-3-4-7-23-26-15-21(13-20(25(30)31)14-22-6-5-12-32-22)27(23)16-18-8-10-19(11-9-18)17(2)24(28)29/h5-6,8-13,15H,2-4,7,14,16H2,1H3,(H,28,29)(H,30,31)/b20-13+. The molecule has 7 heteroatoms. The monoisotopic (exact) mass is 450 g/mol. The van der Waals surface area contributed by atoms with Gasteiger partial charge in [0.2, 0.25) is 0 Å². The second kappa shape index (κ2) is 10.7. The van der Waals surface area contributed by atoms with Crippen molar-refractivity contribution >= 4 is 34.9 Å². The molecule has 2 heterocycles. The third-order valence-electron chi connectivity index (χ3n) is 5.17. The van der Waals surface area contributed by atoms with Crippen LogP contribution in [0.1, 0.15) is 47.3 Å². The molecule has 1 aromatic carbocycles. The van der Waals surface area contributed by atoms with E-state index < -0.39 is 11.9 Å². The Morgan fingerprint density at radius 3 is 2.50 bits per heavy atom. The molecule has 0 saturated carbocycles. The molecule has 0 aliphatic carbocycles. The van der Waals surface area contributed by atoms with Gasteiger partial charge in [0.15, 0.2) is 0 Å². The van der Waals surface area contributed by atoms with Crippen LogP contribution in [0.15, 0.2) is 60.1 Å². The summed E-state index contributed by atoms with van der Waals surface area (Å²) >= 11 is 1.53. The molecule has 166 valence electrons. The molecule has 0 atom stereocenters. The average molecular weight is 451 g/mol. The van der Waals surface area contributed by atoms with Crippen molar-refractivity contribution in [3.8, 4) is 0 Å². The van der Waals surface area contributed by atoms with Gasteiger partial charge in [0.05, 0.1) is 17.5 Å². The first-order valence-corrected chi connectivity index (χ1v) is 11.3. The topological polar surface area (TPSA) is 92.4 Å². The summed E-state index contributed by atoms with van der Waals surface area (Å²) < 4.78 is 2.04. The third kappa shape index (κ3) is 5.82. The highest BCUT2D eigenvalue weighted by Gasteiger charge is 2.15. The minimum Gasteiger partial charge on any atom is -0.478 e. The van der Waals surface area contributed by atoms with Crippen molar-refractivity contribution in [3.05, 3.63) is 87.6 Å². The molecule has 0 radical (unpaired) electrons. The molecule has 32 heavy (non-hydrogen) atoms. The zero-order valence-electron chi connectivity index (χ0n) is 18.0. The number of aryl methyl sites for hydroxylation is 1. The average Bonchev–Trinajstić information content (AvgIpc) is 3.42. The van der Waals surface area contributed by atoms with Crippen molar-refractivity contribution in [1.82, 2.24) is 9.55 Å². The summed E-state index contributed by atoms with van der Waals surface area (Å²) in [6.07, 6.45) is 6.59. The van der Waals surface area contributed by atoms with E-state index in [0.717, 1.165) is 41.2 Å². The van der Waals surface area contributed by atoms with E-state index in [1.165, 1.54) is 11.3 Å². The van der Waals surface area contributed by atoms with Gasteiger partial charge in [-0.1, -0.05) is 50.3 Å². The number of imidazole rings is 1. The van der Waals surface area contributed by atoms with E-state index in [9.17, 15) is 14.7 Å². The minimum absolute atomic E-state index is 0.0473. The summed E-state index contributed by atoms with van der Waals surface area (Å²) in [7, 11) is 0. The fourth-order valence-electron chi connectivity index (χ4n) is 3.35. The number of carbonyl (C=O) groups is 2. The van der Waals surface area contributed by atoms with Gasteiger partial charge < -0.3 is 14.8 Å². The van der Waals surface area contributed by atoms with Gasteiger partial charge in [-0.15, -0.1) is 11.3 Å². The number of benzene rings is 1. The quantitative estimate of drug-likeness (QED) is 0.395. The highest BCUT2D eigenvalue weighted by molar-refractivity contribution is 7.09. The molecule has 0 spiro atoms. The molecule has 6 nitrogen and oxygen atoms in total. The SMILES string of the molecule is C=C(C(=O)O)c1ccc(Cn2c(/C=C(\Cc3cccs3)C(=O)O)cnc2CCCC)cc1. The van der Waals surface area contributed by atoms with Crippen LogP contribution < -0.4 is 0 Å². The molecular weight excluding hydrogens is 424 g/mol. The van der Waals surface area contributed by atoms with Gasteiger partial charge in [0, 0.05) is 29.8 Å². The summed E-state index contributed by atoms with van der Waals surface area (Å²) in [5, 5.41) is 20.8. The van der Waals surface area contributed by atoms with E-state index in [1.54, 1.807) is 24.4 Å². The Labute approximate surface area is 191 Å². The van der Waals surface area contributed by atoms with Gasteiger partial charge in [-0.3, -0.25) is 0 Å². The molecule has 3 rings (SSSR count). The van der Waals surface area contributed by atoms with E-state index in [4.69, 9.17) is 5.11 Å². The number of carboxylic acids is 2. The lowest BCUT2D eigenvalue weighted by molar-refractivity contribution is -0.133. The number of unbranched alkanes of at least 4 members (excludes halogenated alkanes) is 1. The van der Waals surface area contributed by atoms with Gasteiger partial charge in [-0.25, -0.2) is 14.6 Å². The Morgan fingerprint density at radius 1 is 1.16 bits per heavy atom. The lowest BCUT2D eigenvalue weighted by atomic mass is 10.1. The second-order valence-corrected chi connectivity index (χ2v) is 8.53. The molecule has 0 aliphatic heterocycles. The smallest absolute Gasteiger partial charge is 0.335 e. The first-order chi connectivity index (χ1) is 15.4. The number of thiophene rings is 1. The number of nitrogens with zero attached hydrogens (tertiary/aromatic N) is 2. The van der Waals surface area contributed by atoms with Crippen LogP contribution in [0.4, 0.5) is 0 Å². The number of hydrogen-bond acceptors (Lipinski definition) is 4. The van der Waals surface area contributed by atoms with Gasteiger partial charge in [-0.2, -0.15) is 0 Å². The zero-order valence-corrected chi connectivity index (χ0v) is 18.8. The number of hydrogen-bond donors (Lipinski definition) is 2. The lowest BCUT2D eigenvalue weighted by Crippen LogP contribution is -2.09. The Kier molecular flexibility index (Phi) is 7.78. The van der Waals surface area contributed by atoms with Crippen LogP contribution in [-0.4, -0.2) is 31.7 Å². The van der Waals surface area contributed by atoms with Gasteiger partial charge in [0.1, 0.15) is 5.82 Å². The highest BCUT2D eigenvalue weighted by Crippen LogP contribution is 2.21. The number of rotatable bonds is 11. The predicted octanol–water partition coefficient (Wildman–Crippen LogP) is 5.14. The molecule has 2 aromatic heterocycles. The van der Waals surface area contributed by atoms with E-state index in [2.05, 4.69) is 18.5 Å². The van der Waals surface area contributed by atoms with Crippen molar-refractivity contribution < 1.29 is 19.8 Å². The van der Waals surface area contributed by atoms with Gasteiger partial charge in [-0.05, 0) is 35.1 Å². The molecular formula is C25H26N2O4S. The third-order valence-corrected chi connectivity index (χ3v) is 6.04. The van der Waals surface area contributed by atoms with Crippen LogP contribution in [0.3, 0.4) is 0 Å². The number of aliphatic carboxylic acids is 2. The lowest BCUT2D eigenvalue weighted by Gasteiger charge is -2.12. The number of aromatic nitrogens is 2. The van der Waals surface area contributed by atoms with Crippen LogP contribution in [0.2, 0.25) is 0 Å². The fourth-order valence-corrected chi connectivity index (χ4v) is 4.07. The van der Waals surface area contributed by atoms with E-state index >= 15 is 0 Å². The summed E-state index contributed by atoms with van der Waals surface area (Å²) in [5.41, 5.74) is 2.62. The van der Waals surface area contributed by atoms with E-state index in [1.807, 2.05) is 34.2 Å². The Hall–Kier alpha value is -3.45. The largest absolute Gasteiger partial charge is 0.478 e. The Bertz CT molecular complexity index is 1130. The van der Waals surface area contributed by atoms with E-state index in [-0.39, 0.29) is 5.57 Å². The molecule has 0 saturated heterocycles. The van der Waals surface area contributed by atoms with Crippen LogP contribution in [0.25, 0.3) is 11.6 Å². The molecule has 0 unspecified atom stereocenters. The highest BCUT2D eigenvalue weighted by atomic mass is 32.1. The second-order valence-electron chi connectivity index (χ2n) is 7.50. The van der Waals surface area contributed by atoms with Crippen molar-refractivity contribution in [1.29, 1.82) is 0 Å². The van der Waals surface area contributed by atoms with Crippen LogP contribution >= 0.6 is 11.3 Å². The minimum atomic E-state index is -1.05. The van der Waals surface area contributed by atoms with Crippen molar-refractivity contribution in [2.45, 2.75) is 39.2 Å². The Balaban J connectivity index is 1.93. The van der Waals surface area contributed by atoms with Crippen LogP contribution in [0.5, 0.6) is 0 Å². The van der Waals surface area contributed by atoms with Crippen molar-refractivity contribution in [3.63, 3.8) is 0 Å². The first kappa shape index (κ1) is 23.2. The maximum Gasteiger partial charge on any atom is 0.335 e. The molecule has 2 N–H and O–H groups in total. The molecule has 0 bridgehead atoms. The zero-order chi connectivity index (χ0) is 23.1. The first-order valence-electron chi connectivity index (χ1n) is 10.4. The maximum atomic E-state index is 11.9. The summed E-state index contributed by atoms with van der Waals surface area (Å²) in [6.45, 7) is 6.22. The van der Waals surface area contributed by atoms with Crippen LogP contribution in [-0.2, 0) is 29.0 Å². The van der Waals surface area contributed by atoms with Crippen molar-refractivity contribution in [2.75, 3.05) is 0 Å².